The highest BCUT2D eigenvalue weighted by Crippen LogP contribution is 2.05. The Morgan fingerprint density at radius 3 is 2.73 bits per heavy atom. The second-order valence-corrected chi connectivity index (χ2v) is 3.60. The molecular formula is C10H15N3OS. The van der Waals surface area contributed by atoms with Crippen LogP contribution in [0.15, 0.2) is 12.4 Å². The van der Waals surface area contributed by atoms with Crippen LogP contribution >= 0.6 is 12.2 Å². The summed E-state index contributed by atoms with van der Waals surface area (Å²) in [5.74, 6) is 0.520. The van der Waals surface area contributed by atoms with Crippen molar-refractivity contribution < 1.29 is 4.74 Å². The van der Waals surface area contributed by atoms with Crippen molar-refractivity contribution in [2.75, 3.05) is 6.61 Å². The molecule has 0 aliphatic heterocycles. The lowest BCUT2D eigenvalue weighted by Gasteiger charge is -2.04. The Morgan fingerprint density at radius 2 is 2.20 bits per heavy atom. The van der Waals surface area contributed by atoms with Gasteiger partial charge < -0.3 is 10.5 Å². The first-order chi connectivity index (χ1) is 7.24. The molecule has 15 heavy (non-hydrogen) atoms. The van der Waals surface area contributed by atoms with Crippen LogP contribution in [-0.2, 0) is 0 Å². The van der Waals surface area contributed by atoms with E-state index >= 15 is 0 Å². The van der Waals surface area contributed by atoms with Crippen LogP contribution in [0.25, 0.3) is 0 Å². The van der Waals surface area contributed by atoms with Gasteiger partial charge in [-0.15, -0.1) is 0 Å². The third kappa shape index (κ3) is 4.20. The first kappa shape index (κ1) is 11.8. The lowest BCUT2D eigenvalue weighted by atomic mass is 10.3. The Bertz CT molecular complexity index is 313. The highest BCUT2D eigenvalue weighted by Gasteiger charge is 2.00. The molecule has 2 N–H and O–H groups in total. The van der Waals surface area contributed by atoms with Gasteiger partial charge in [-0.05, 0) is 6.42 Å². The summed E-state index contributed by atoms with van der Waals surface area (Å²) < 4.78 is 5.39. The minimum absolute atomic E-state index is 0.250. The van der Waals surface area contributed by atoms with Gasteiger partial charge in [-0.1, -0.05) is 32.0 Å². The average Bonchev–Trinajstić information content (AvgIpc) is 2.25. The van der Waals surface area contributed by atoms with Crippen LogP contribution in [0, 0.1) is 0 Å². The highest BCUT2D eigenvalue weighted by molar-refractivity contribution is 7.80. The van der Waals surface area contributed by atoms with Crippen molar-refractivity contribution in [2.24, 2.45) is 5.73 Å². The van der Waals surface area contributed by atoms with E-state index in [0.717, 1.165) is 6.42 Å². The van der Waals surface area contributed by atoms with E-state index in [1.54, 1.807) is 6.20 Å². The summed E-state index contributed by atoms with van der Waals surface area (Å²) in [6.07, 6.45) is 6.45. The van der Waals surface area contributed by atoms with Crippen LogP contribution in [0.5, 0.6) is 5.88 Å². The molecule has 1 heterocycles. The fourth-order valence-corrected chi connectivity index (χ4v) is 1.15. The summed E-state index contributed by atoms with van der Waals surface area (Å²) in [5.41, 5.74) is 5.91. The zero-order valence-electron chi connectivity index (χ0n) is 8.77. The summed E-state index contributed by atoms with van der Waals surface area (Å²) in [7, 11) is 0. The monoisotopic (exact) mass is 225 g/mol. The molecule has 0 aliphatic carbocycles. The molecule has 0 fully saturated rings. The molecule has 82 valence electrons. The van der Waals surface area contributed by atoms with E-state index in [1.807, 2.05) is 0 Å². The molecule has 0 amide bonds. The molecule has 0 aromatic carbocycles. The molecule has 1 aromatic rings. The summed E-state index contributed by atoms with van der Waals surface area (Å²) >= 11 is 4.76. The Labute approximate surface area is 94.9 Å². The molecule has 0 saturated carbocycles. The first-order valence-corrected chi connectivity index (χ1v) is 5.39. The van der Waals surface area contributed by atoms with Crippen molar-refractivity contribution in [3.63, 3.8) is 0 Å². The third-order valence-electron chi connectivity index (χ3n) is 1.88. The van der Waals surface area contributed by atoms with Crippen molar-refractivity contribution in [3.05, 3.63) is 18.1 Å². The maximum Gasteiger partial charge on any atom is 0.232 e. The Hall–Kier alpha value is -1.23. The smallest absolute Gasteiger partial charge is 0.232 e. The Balaban J connectivity index is 2.39. The van der Waals surface area contributed by atoms with Gasteiger partial charge in [0.2, 0.25) is 5.88 Å². The van der Waals surface area contributed by atoms with E-state index in [0.29, 0.717) is 18.2 Å². The van der Waals surface area contributed by atoms with Crippen LogP contribution in [0.4, 0.5) is 0 Å². The van der Waals surface area contributed by atoms with Gasteiger partial charge in [0.1, 0.15) is 10.7 Å². The molecule has 0 unspecified atom stereocenters. The normalized spacial score (nSPS) is 9.93. The minimum atomic E-state index is 0.250. The molecule has 1 rings (SSSR count). The van der Waals surface area contributed by atoms with Gasteiger partial charge in [0, 0.05) is 0 Å². The van der Waals surface area contributed by atoms with Crippen molar-refractivity contribution in [2.45, 2.75) is 26.2 Å². The standard InChI is InChI=1S/C10H15N3OS/c1-2-3-4-5-14-9-7-12-8(6-13-9)10(11)15/h6-7H,2-5H2,1H3,(H2,11,15). The van der Waals surface area contributed by atoms with Crippen LogP contribution < -0.4 is 10.5 Å². The maximum absolute atomic E-state index is 5.39. The summed E-state index contributed by atoms with van der Waals surface area (Å²) in [4.78, 5) is 8.32. The second-order valence-electron chi connectivity index (χ2n) is 3.16. The molecule has 0 radical (unpaired) electrons. The number of rotatable bonds is 6. The molecule has 0 atom stereocenters. The summed E-state index contributed by atoms with van der Waals surface area (Å²) in [6, 6.07) is 0. The number of aromatic nitrogens is 2. The quantitative estimate of drug-likeness (QED) is 0.589. The molecule has 0 bridgehead atoms. The van der Waals surface area contributed by atoms with Gasteiger partial charge in [0.15, 0.2) is 0 Å². The van der Waals surface area contributed by atoms with Gasteiger partial charge in [0.25, 0.3) is 0 Å². The van der Waals surface area contributed by atoms with Gasteiger partial charge in [-0.3, -0.25) is 0 Å². The number of hydrogen-bond acceptors (Lipinski definition) is 4. The molecule has 4 nitrogen and oxygen atoms in total. The third-order valence-corrected chi connectivity index (χ3v) is 2.09. The van der Waals surface area contributed by atoms with Gasteiger partial charge in [0.05, 0.1) is 19.0 Å². The lowest BCUT2D eigenvalue weighted by molar-refractivity contribution is 0.293. The SMILES string of the molecule is CCCCCOc1cnc(C(N)=S)cn1. The largest absolute Gasteiger partial charge is 0.477 e. The van der Waals surface area contributed by atoms with Gasteiger partial charge in [-0.2, -0.15) is 0 Å². The van der Waals surface area contributed by atoms with E-state index < -0.39 is 0 Å². The molecule has 0 saturated heterocycles. The van der Waals surface area contributed by atoms with Crippen molar-refractivity contribution >= 4 is 17.2 Å². The number of thiocarbonyl (C=S) groups is 1. The van der Waals surface area contributed by atoms with E-state index in [-0.39, 0.29) is 4.99 Å². The van der Waals surface area contributed by atoms with Crippen molar-refractivity contribution in [1.82, 2.24) is 9.97 Å². The summed E-state index contributed by atoms with van der Waals surface area (Å²) in [6.45, 7) is 2.83. The van der Waals surface area contributed by atoms with Crippen LogP contribution in [0.1, 0.15) is 31.9 Å². The van der Waals surface area contributed by atoms with Crippen molar-refractivity contribution in [1.29, 1.82) is 0 Å². The van der Waals surface area contributed by atoms with Crippen LogP contribution in [0.3, 0.4) is 0 Å². The van der Waals surface area contributed by atoms with E-state index in [9.17, 15) is 0 Å². The van der Waals surface area contributed by atoms with Crippen molar-refractivity contribution in [3.8, 4) is 5.88 Å². The number of unbranched alkanes of at least 4 members (excludes halogenated alkanes) is 2. The van der Waals surface area contributed by atoms with Gasteiger partial charge >= 0.3 is 0 Å². The number of ether oxygens (including phenoxy) is 1. The highest BCUT2D eigenvalue weighted by atomic mass is 32.1. The Morgan fingerprint density at radius 1 is 1.40 bits per heavy atom. The van der Waals surface area contributed by atoms with E-state index in [2.05, 4.69) is 16.9 Å². The Kier molecular flexibility index (Phi) is 4.97. The summed E-state index contributed by atoms with van der Waals surface area (Å²) in [5, 5.41) is 0. The zero-order valence-corrected chi connectivity index (χ0v) is 9.59. The average molecular weight is 225 g/mol. The minimum Gasteiger partial charge on any atom is -0.477 e. The number of nitrogens with two attached hydrogens (primary N) is 1. The van der Waals surface area contributed by atoms with Gasteiger partial charge in [-0.25, -0.2) is 9.97 Å². The second kappa shape index (κ2) is 6.29. The molecule has 5 heteroatoms. The van der Waals surface area contributed by atoms with Crippen LogP contribution in [0.2, 0.25) is 0 Å². The first-order valence-electron chi connectivity index (χ1n) is 4.98. The van der Waals surface area contributed by atoms with Crippen LogP contribution in [-0.4, -0.2) is 21.6 Å². The molecular weight excluding hydrogens is 210 g/mol. The molecule has 1 aromatic heterocycles. The lowest BCUT2D eigenvalue weighted by Crippen LogP contribution is -2.12. The fraction of sp³-hybridized carbons (Fsp3) is 0.500. The topological polar surface area (TPSA) is 61.0 Å². The predicted octanol–water partition coefficient (Wildman–Crippen LogP) is 1.68. The number of nitrogens with zero attached hydrogens (tertiary/aromatic N) is 2. The van der Waals surface area contributed by atoms with E-state index in [4.69, 9.17) is 22.7 Å². The molecule has 0 aliphatic rings. The number of hydrogen-bond donors (Lipinski definition) is 1. The molecule has 0 spiro atoms. The van der Waals surface area contributed by atoms with E-state index in [1.165, 1.54) is 19.0 Å². The zero-order chi connectivity index (χ0) is 11.1. The predicted molar refractivity (Wildman–Crippen MR) is 62.9 cm³/mol. The fourth-order valence-electron chi connectivity index (χ4n) is 1.05. The maximum atomic E-state index is 5.39.